The Hall–Kier alpha value is -1.23. The summed E-state index contributed by atoms with van der Waals surface area (Å²) in [6.07, 6.45) is 2.30. The van der Waals surface area contributed by atoms with Crippen LogP contribution in [0.3, 0.4) is 0 Å². The van der Waals surface area contributed by atoms with E-state index in [1.165, 1.54) is 11.3 Å². The number of nitrogen functional groups attached to an aromatic ring is 1. The van der Waals surface area contributed by atoms with Gasteiger partial charge in [-0.3, -0.25) is 4.79 Å². The monoisotopic (exact) mass is 255 g/mol. The van der Waals surface area contributed by atoms with E-state index in [9.17, 15) is 4.79 Å². The third kappa shape index (κ3) is 3.63. The van der Waals surface area contributed by atoms with Gasteiger partial charge in [0.2, 0.25) is 0 Å². The molecular weight excluding hydrogens is 234 g/mol. The van der Waals surface area contributed by atoms with Crippen LogP contribution in [-0.2, 0) is 0 Å². The van der Waals surface area contributed by atoms with E-state index in [-0.39, 0.29) is 5.91 Å². The van der Waals surface area contributed by atoms with E-state index in [2.05, 4.69) is 17.1 Å². The summed E-state index contributed by atoms with van der Waals surface area (Å²) >= 11 is 1.45. The molecule has 0 bridgehead atoms. The lowest BCUT2D eigenvalue weighted by Crippen LogP contribution is -2.22. The van der Waals surface area contributed by atoms with Gasteiger partial charge in [0.25, 0.3) is 5.91 Å². The molecule has 1 aromatic heterocycles. The molecule has 3 N–H and O–H groups in total. The van der Waals surface area contributed by atoms with Crippen LogP contribution >= 0.6 is 11.3 Å². The molecule has 4 nitrogen and oxygen atoms in total. The molecule has 96 valence electrons. The number of carbonyl (C=O) groups excluding carboxylic acids is 1. The Kier molecular flexibility index (Phi) is 5.28. The minimum absolute atomic E-state index is 0.0786. The third-order valence-corrected chi connectivity index (χ3v) is 3.78. The molecule has 0 atom stereocenters. The summed E-state index contributed by atoms with van der Waals surface area (Å²) in [6.45, 7) is 5.68. The van der Waals surface area contributed by atoms with E-state index < -0.39 is 0 Å². The van der Waals surface area contributed by atoms with Crippen molar-refractivity contribution in [2.24, 2.45) is 0 Å². The highest BCUT2D eigenvalue weighted by molar-refractivity contribution is 7.18. The first kappa shape index (κ1) is 13.8. The van der Waals surface area contributed by atoms with Crippen molar-refractivity contribution in [2.75, 3.05) is 30.8 Å². The molecule has 0 saturated carbocycles. The lowest BCUT2D eigenvalue weighted by molar-refractivity contribution is 0.0960. The maximum absolute atomic E-state index is 11.7. The van der Waals surface area contributed by atoms with Gasteiger partial charge in [-0.2, -0.15) is 0 Å². The van der Waals surface area contributed by atoms with Gasteiger partial charge in [-0.15, -0.1) is 11.3 Å². The van der Waals surface area contributed by atoms with Gasteiger partial charge in [0.05, 0.1) is 10.7 Å². The van der Waals surface area contributed by atoms with Crippen LogP contribution in [0.5, 0.6) is 0 Å². The lowest BCUT2D eigenvalue weighted by Gasteiger charge is -2.15. The summed E-state index contributed by atoms with van der Waals surface area (Å²) in [5.41, 5.74) is 6.43. The van der Waals surface area contributed by atoms with Crippen molar-refractivity contribution in [3.05, 3.63) is 10.9 Å². The minimum Gasteiger partial charge on any atom is -0.397 e. The fourth-order valence-electron chi connectivity index (χ4n) is 1.50. The molecule has 1 heterocycles. The first-order chi connectivity index (χ1) is 8.10. The van der Waals surface area contributed by atoms with Crippen molar-refractivity contribution in [3.63, 3.8) is 0 Å². The van der Waals surface area contributed by atoms with Crippen LogP contribution in [0.4, 0.5) is 10.7 Å². The predicted octanol–water partition coefficient (Wildman–Crippen LogP) is 2.32. The van der Waals surface area contributed by atoms with Crippen LogP contribution in [-0.4, -0.2) is 26.0 Å². The smallest absolute Gasteiger partial charge is 0.263 e. The van der Waals surface area contributed by atoms with E-state index in [0.717, 1.165) is 24.4 Å². The summed E-state index contributed by atoms with van der Waals surface area (Å²) in [5, 5.41) is 3.82. The zero-order valence-electron chi connectivity index (χ0n) is 10.7. The molecule has 0 unspecified atom stereocenters. The van der Waals surface area contributed by atoms with Gasteiger partial charge in [0, 0.05) is 20.1 Å². The van der Waals surface area contributed by atoms with E-state index in [1.54, 1.807) is 0 Å². The number of anilines is 2. The average Bonchev–Trinajstić information content (AvgIpc) is 2.68. The van der Waals surface area contributed by atoms with Gasteiger partial charge in [-0.05, 0) is 19.4 Å². The number of amides is 1. The highest BCUT2D eigenvalue weighted by Crippen LogP contribution is 2.31. The Labute approximate surface area is 107 Å². The molecule has 0 radical (unpaired) electrons. The second-order valence-corrected chi connectivity index (χ2v) is 5.03. The zero-order valence-corrected chi connectivity index (χ0v) is 11.6. The van der Waals surface area contributed by atoms with Gasteiger partial charge in [0.1, 0.15) is 4.88 Å². The number of unbranched alkanes of at least 4 members (excludes halogenated alkanes) is 1. The molecule has 1 aromatic rings. The van der Waals surface area contributed by atoms with Crippen LogP contribution in [0.2, 0.25) is 0 Å². The predicted molar refractivity (Wildman–Crippen MR) is 74.9 cm³/mol. The second-order valence-electron chi connectivity index (χ2n) is 4.00. The van der Waals surface area contributed by atoms with Crippen molar-refractivity contribution >= 4 is 27.9 Å². The van der Waals surface area contributed by atoms with Crippen molar-refractivity contribution in [1.82, 2.24) is 5.32 Å². The third-order valence-electron chi connectivity index (χ3n) is 2.51. The summed E-state index contributed by atoms with van der Waals surface area (Å²) in [4.78, 5) is 14.5. The van der Waals surface area contributed by atoms with Gasteiger partial charge in [0.15, 0.2) is 0 Å². The fourth-order valence-corrected chi connectivity index (χ4v) is 2.49. The molecule has 0 aliphatic rings. The number of hydrogen-bond acceptors (Lipinski definition) is 4. The average molecular weight is 255 g/mol. The van der Waals surface area contributed by atoms with Crippen LogP contribution in [0.15, 0.2) is 6.07 Å². The zero-order chi connectivity index (χ0) is 12.8. The second kappa shape index (κ2) is 6.49. The van der Waals surface area contributed by atoms with Crippen molar-refractivity contribution < 1.29 is 4.79 Å². The fraction of sp³-hybridized carbons (Fsp3) is 0.583. The minimum atomic E-state index is -0.0786. The topological polar surface area (TPSA) is 58.4 Å². The van der Waals surface area contributed by atoms with Crippen LogP contribution < -0.4 is 16.0 Å². The highest BCUT2D eigenvalue weighted by Gasteiger charge is 2.15. The van der Waals surface area contributed by atoms with Crippen LogP contribution in [0, 0.1) is 0 Å². The van der Waals surface area contributed by atoms with Crippen LogP contribution in [0.25, 0.3) is 0 Å². The molecule has 1 rings (SSSR count). The normalized spacial score (nSPS) is 10.3. The number of nitrogens with two attached hydrogens (primary N) is 1. The maximum atomic E-state index is 11.7. The van der Waals surface area contributed by atoms with Crippen molar-refractivity contribution in [2.45, 2.75) is 26.7 Å². The van der Waals surface area contributed by atoms with Gasteiger partial charge < -0.3 is 16.0 Å². The molecule has 0 saturated heterocycles. The standard InChI is InChI=1S/C12H21N3OS/c1-4-6-7-15(3)10-8-9(13)11(17-10)12(16)14-5-2/h8H,4-7,13H2,1-3H3,(H,14,16). The Morgan fingerprint density at radius 3 is 2.82 bits per heavy atom. The Morgan fingerprint density at radius 1 is 1.53 bits per heavy atom. The van der Waals surface area contributed by atoms with Gasteiger partial charge in [-0.25, -0.2) is 0 Å². The number of nitrogens with one attached hydrogen (secondary N) is 1. The van der Waals surface area contributed by atoms with E-state index in [4.69, 9.17) is 5.73 Å². The molecule has 0 spiro atoms. The number of thiophene rings is 1. The molecule has 17 heavy (non-hydrogen) atoms. The Morgan fingerprint density at radius 2 is 2.24 bits per heavy atom. The molecule has 0 aliphatic heterocycles. The van der Waals surface area contributed by atoms with Crippen molar-refractivity contribution in [3.8, 4) is 0 Å². The van der Waals surface area contributed by atoms with E-state index >= 15 is 0 Å². The number of rotatable bonds is 6. The Balaban J connectivity index is 2.76. The molecule has 0 aromatic carbocycles. The summed E-state index contributed by atoms with van der Waals surface area (Å²) < 4.78 is 0. The SMILES string of the molecule is CCCCN(C)c1cc(N)c(C(=O)NCC)s1. The number of hydrogen-bond donors (Lipinski definition) is 2. The molecule has 5 heteroatoms. The van der Waals surface area contributed by atoms with E-state index in [0.29, 0.717) is 17.1 Å². The summed E-state index contributed by atoms with van der Waals surface area (Å²) in [5.74, 6) is -0.0786. The van der Waals surface area contributed by atoms with Gasteiger partial charge in [-0.1, -0.05) is 13.3 Å². The summed E-state index contributed by atoms with van der Waals surface area (Å²) in [6, 6.07) is 1.88. The largest absolute Gasteiger partial charge is 0.397 e. The lowest BCUT2D eigenvalue weighted by atomic mass is 10.3. The van der Waals surface area contributed by atoms with Gasteiger partial charge >= 0.3 is 0 Å². The first-order valence-corrected chi connectivity index (χ1v) is 6.80. The van der Waals surface area contributed by atoms with Crippen molar-refractivity contribution in [1.29, 1.82) is 0 Å². The highest BCUT2D eigenvalue weighted by atomic mass is 32.1. The molecular formula is C12H21N3OS. The number of nitrogens with zero attached hydrogens (tertiary/aromatic N) is 1. The molecule has 1 amide bonds. The number of carbonyl (C=O) groups is 1. The molecule has 0 fully saturated rings. The van der Waals surface area contributed by atoms with Crippen LogP contribution in [0.1, 0.15) is 36.4 Å². The molecule has 0 aliphatic carbocycles. The first-order valence-electron chi connectivity index (χ1n) is 5.98. The Bertz CT molecular complexity index is 376. The van der Waals surface area contributed by atoms with E-state index in [1.807, 2.05) is 20.0 Å². The summed E-state index contributed by atoms with van der Waals surface area (Å²) in [7, 11) is 2.03. The quantitative estimate of drug-likeness (QED) is 0.820. The maximum Gasteiger partial charge on any atom is 0.263 e.